The van der Waals surface area contributed by atoms with Gasteiger partial charge in [-0.2, -0.15) is 0 Å². The second-order valence-corrected chi connectivity index (χ2v) is 11.4. The molecule has 1 amide bonds. The summed E-state index contributed by atoms with van der Waals surface area (Å²) in [5.41, 5.74) is 1.53. The fourth-order valence-electron chi connectivity index (χ4n) is 7.30. The number of aromatic nitrogens is 1. The molecule has 5 fully saturated rings. The van der Waals surface area contributed by atoms with E-state index in [0.717, 1.165) is 49.2 Å². The highest BCUT2D eigenvalue weighted by Crippen LogP contribution is 2.54. The van der Waals surface area contributed by atoms with Crippen LogP contribution in [0, 0.1) is 17.8 Å². The zero-order valence-electron chi connectivity index (χ0n) is 17.2. The number of carbonyl (C=O) groups excluding carboxylic acids is 1. The van der Waals surface area contributed by atoms with Crippen molar-refractivity contribution in [3.63, 3.8) is 0 Å². The number of likely N-dealkylation sites (tertiary alicyclic amines) is 1. The van der Waals surface area contributed by atoms with E-state index in [9.17, 15) is 4.79 Å². The van der Waals surface area contributed by atoms with Crippen LogP contribution in [0.5, 0.6) is 0 Å². The largest absolute Gasteiger partial charge is 0.338 e. The first kappa shape index (κ1) is 18.3. The molecule has 0 unspecified atom stereocenters. The average Bonchev–Trinajstić information content (AvgIpc) is 3.15. The zero-order valence-corrected chi connectivity index (χ0v) is 18.0. The predicted octanol–water partition coefficient (Wildman–Crippen LogP) is 3.53. The van der Waals surface area contributed by atoms with Crippen LogP contribution in [0.3, 0.4) is 0 Å². The van der Waals surface area contributed by atoms with E-state index in [1.165, 1.54) is 48.2 Å². The molecule has 0 spiro atoms. The Morgan fingerprint density at radius 2 is 1.72 bits per heavy atom. The van der Waals surface area contributed by atoms with Crippen LogP contribution < -0.4 is 5.32 Å². The van der Waals surface area contributed by atoms with Gasteiger partial charge < -0.3 is 10.2 Å². The van der Waals surface area contributed by atoms with Crippen LogP contribution in [-0.2, 0) is 4.79 Å². The number of hydrogen-bond donors (Lipinski definition) is 1. The normalized spacial score (nSPS) is 34.2. The van der Waals surface area contributed by atoms with E-state index in [1.807, 2.05) is 11.3 Å². The fourth-order valence-corrected chi connectivity index (χ4v) is 8.44. The number of para-hydroxylation sites is 1. The maximum absolute atomic E-state index is 13.0. The van der Waals surface area contributed by atoms with Gasteiger partial charge in [0.15, 0.2) is 6.54 Å². The van der Waals surface area contributed by atoms with Crippen LogP contribution in [0.4, 0.5) is 0 Å². The molecule has 0 radical (unpaired) electrons. The first-order valence-electron chi connectivity index (χ1n) is 11.6. The van der Waals surface area contributed by atoms with Crippen LogP contribution in [0.1, 0.15) is 62.3 Å². The summed E-state index contributed by atoms with van der Waals surface area (Å²) in [6.07, 6.45) is 10.6. The molecular formula is C24H32N3OS+. The lowest BCUT2D eigenvalue weighted by Gasteiger charge is -2.54. The van der Waals surface area contributed by atoms with Gasteiger partial charge >= 0.3 is 0 Å². The summed E-state index contributed by atoms with van der Waals surface area (Å²) in [5.74, 6) is 3.75. The first-order chi connectivity index (χ1) is 14.2. The lowest BCUT2D eigenvalue weighted by atomic mass is 9.53. The van der Waals surface area contributed by atoms with Crippen molar-refractivity contribution in [3.05, 3.63) is 29.3 Å². The number of fused-ring (bicyclic) bond motifs is 1. The van der Waals surface area contributed by atoms with Crippen LogP contribution in [0.2, 0.25) is 0 Å². The van der Waals surface area contributed by atoms with Crippen LogP contribution in [0.15, 0.2) is 24.3 Å². The van der Waals surface area contributed by atoms with E-state index in [0.29, 0.717) is 23.9 Å². The molecule has 2 heterocycles. The molecule has 1 saturated heterocycles. The molecule has 4 saturated carbocycles. The van der Waals surface area contributed by atoms with E-state index in [4.69, 9.17) is 4.98 Å². The van der Waals surface area contributed by atoms with Gasteiger partial charge in [-0.1, -0.05) is 12.1 Å². The summed E-state index contributed by atoms with van der Waals surface area (Å²) in [6, 6.07) is 8.42. The summed E-state index contributed by atoms with van der Waals surface area (Å²) in [5, 5.41) is 3.73. The van der Waals surface area contributed by atoms with E-state index in [-0.39, 0.29) is 0 Å². The maximum Gasteiger partial charge on any atom is 0.277 e. The maximum atomic E-state index is 13.0. The third-order valence-electron chi connectivity index (χ3n) is 8.30. The number of amides is 1. The Hall–Kier alpha value is -1.46. The number of rotatable bonds is 4. The number of nitrogens with zero attached hydrogens (tertiary/aromatic N) is 2. The molecule has 7 rings (SSSR count). The van der Waals surface area contributed by atoms with Crippen molar-refractivity contribution in [3.8, 4) is 0 Å². The van der Waals surface area contributed by atoms with Crippen molar-refractivity contribution >= 4 is 27.5 Å². The van der Waals surface area contributed by atoms with Gasteiger partial charge in [-0.25, -0.2) is 4.98 Å². The van der Waals surface area contributed by atoms with Gasteiger partial charge in [0.2, 0.25) is 0 Å². The van der Waals surface area contributed by atoms with Gasteiger partial charge in [-0.15, -0.1) is 11.3 Å². The molecule has 29 heavy (non-hydrogen) atoms. The van der Waals surface area contributed by atoms with Crippen molar-refractivity contribution in [1.82, 2.24) is 9.88 Å². The molecule has 154 valence electrons. The van der Waals surface area contributed by atoms with E-state index >= 15 is 0 Å². The Balaban J connectivity index is 1.04. The van der Waals surface area contributed by atoms with Gasteiger partial charge in [-0.3, -0.25) is 4.79 Å². The Bertz CT molecular complexity index is 845. The minimum atomic E-state index is 0.364. The molecular weight excluding hydrogens is 378 g/mol. The summed E-state index contributed by atoms with van der Waals surface area (Å²) in [6.45, 7) is 2.46. The Kier molecular flexibility index (Phi) is 4.46. The molecule has 5 aliphatic rings. The fraction of sp³-hybridized carbons (Fsp3) is 0.667. The van der Waals surface area contributed by atoms with Crippen LogP contribution in [-0.4, -0.2) is 41.0 Å². The highest BCUT2D eigenvalue weighted by molar-refractivity contribution is 7.18. The van der Waals surface area contributed by atoms with E-state index < -0.39 is 0 Å². The summed E-state index contributed by atoms with van der Waals surface area (Å²) in [7, 11) is 0. The minimum absolute atomic E-state index is 0.364. The number of thiazole rings is 1. The second-order valence-electron chi connectivity index (χ2n) is 10.4. The van der Waals surface area contributed by atoms with Crippen molar-refractivity contribution in [2.75, 3.05) is 19.6 Å². The number of quaternary nitrogens is 1. The molecule has 2 aromatic rings. The lowest BCUT2D eigenvalue weighted by molar-refractivity contribution is -0.730. The number of carbonyl (C=O) groups is 1. The number of nitrogens with two attached hydrogens (primary N) is 1. The number of hydrogen-bond acceptors (Lipinski definition) is 3. The molecule has 1 aliphatic heterocycles. The van der Waals surface area contributed by atoms with Crippen LogP contribution in [0.25, 0.3) is 10.2 Å². The molecule has 0 atom stereocenters. The summed E-state index contributed by atoms with van der Waals surface area (Å²) >= 11 is 1.84. The molecule has 4 aliphatic carbocycles. The molecule has 1 aromatic carbocycles. The molecule has 2 N–H and O–H groups in total. The minimum Gasteiger partial charge on any atom is -0.338 e. The summed E-state index contributed by atoms with van der Waals surface area (Å²) in [4.78, 5) is 19.9. The van der Waals surface area contributed by atoms with Gasteiger partial charge in [0.1, 0.15) is 0 Å². The second kappa shape index (κ2) is 7.05. The third-order valence-corrected chi connectivity index (χ3v) is 9.50. The Labute approximate surface area is 177 Å². The van der Waals surface area contributed by atoms with Crippen molar-refractivity contribution in [2.45, 2.75) is 62.8 Å². The Morgan fingerprint density at radius 1 is 1.07 bits per heavy atom. The zero-order chi connectivity index (χ0) is 19.4. The van der Waals surface area contributed by atoms with Gasteiger partial charge in [-0.05, 0) is 62.0 Å². The quantitative estimate of drug-likeness (QED) is 0.838. The molecule has 1 aromatic heterocycles. The average molecular weight is 411 g/mol. The first-order valence-corrected chi connectivity index (χ1v) is 12.5. The van der Waals surface area contributed by atoms with Gasteiger partial charge in [0.25, 0.3) is 5.91 Å². The smallest absolute Gasteiger partial charge is 0.277 e. The third kappa shape index (κ3) is 3.40. The number of piperidine rings is 1. The van der Waals surface area contributed by atoms with E-state index in [1.54, 1.807) is 0 Å². The Morgan fingerprint density at radius 3 is 2.38 bits per heavy atom. The van der Waals surface area contributed by atoms with Gasteiger partial charge in [0.05, 0.1) is 20.8 Å². The monoisotopic (exact) mass is 410 g/mol. The predicted molar refractivity (Wildman–Crippen MR) is 116 cm³/mol. The molecule has 4 bridgehead atoms. The SMILES string of the molecule is O=C(C[NH2+]C12CC3CC(CC(C3)C1)C2)N1CCC(c2nc3ccccc3s2)CC1. The summed E-state index contributed by atoms with van der Waals surface area (Å²) < 4.78 is 1.28. The van der Waals surface area contributed by atoms with E-state index in [2.05, 4.69) is 34.5 Å². The standard InChI is InChI=1S/C24H31N3OS/c28-22(15-25-24-12-16-9-17(13-24)11-18(10-16)14-24)27-7-5-19(6-8-27)23-26-20-3-1-2-4-21(20)29-23/h1-4,16-19,25H,5-15H2/p+1. The number of benzene rings is 1. The lowest BCUT2D eigenvalue weighted by Crippen LogP contribution is -3.00. The molecule has 5 heteroatoms. The topological polar surface area (TPSA) is 49.8 Å². The van der Waals surface area contributed by atoms with Crippen molar-refractivity contribution in [2.24, 2.45) is 17.8 Å². The van der Waals surface area contributed by atoms with Gasteiger partial charge in [0, 0.05) is 38.3 Å². The van der Waals surface area contributed by atoms with Crippen molar-refractivity contribution in [1.29, 1.82) is 0 Å². The highest BCUT2D eigenvalue weighted by atomic mass is 32.1. The van der Waals surface area contributed by atoms with Crippen LogP contribution >= 0.6 is 11.3 Å². The van der Waals surface area contributed by atoms with Crippen molar-refractivity contribution < 1.29 is 10.1 Å². The highest BCUT2D eigenvalue weighted by Gasteiger charge is 2.53. The molecule has 4 nitrogen and oxygen atoms in total.